The van der Waals surface area contributed by atoms with Crippen LogP contribution in [0.5, 0.6) is 0 Å². The van der Waals surface area contributed by atoms with Gasteiger partial charge in [-0.15, -0.1) is 11.8 Å². The zero-order valence-electron chi connectivity index (χ0n) is 23.2. The van der Waals surface area contributed by atoms with Crippen LogP contribution in [-0.4, -0.2) is 33.9 Å². The van der Waals surface area contributed by atoms with E-state index < -0.39 is 12.3 Å². The first-order valence-electron chi connectivity index (χ1n) is 13.8. The minimum atomic E-state index is -0.955. The summed E-state index contributed by atoms with van der Waals surface area (Å²) in [6, 6.07) is 30.8. The fourth-order valence-corrected chi connectivity index (χ4v) is 5.99. The highest BCUT2D eigenvalue weighted by Gasteiger charge is 2.32. The number of aliphatic hydroxyl groups is 1. The zero-order chi connectivity index (χ0) is 29.5. The Morgan fingerprint density at radius 2 is 1.60 bits per heavy atom. The molecule has 0 aromatic heterocycles. The lowest BCUT2D eigenvalue weighted by Gasteiger charge is -2.36. The van der Waals surface area contributed by atoms with Gasteiger partial charge in [0.05, 0.1) is 24.4 Å². The number of hydrogen-bond donors (Lipinski definition) is 3. The lowest BCUT2D eigenvalue weighted by Crippen LogP contribution is -2.31. The number of aliphatic hydroxyl groups excluding tert-OH is 1. The van der Waals surface area contributed by atoms with Crippen LogP contribution in [-0.2, 0) is 27.4 Å². The second-order valence-corrected chi connectivity index (χ2v) is 11.3. The molecule has 0 spiro atoms. The van der Waals surface area contributed by atoms with Crippen molar-refractivity contribution in [3.05, 3.63) is 125 Å². The molecule has 3 atom stereocenters. The molecule has 3 N–H and O–H groups in total. The van der Waals surface area contributed by atoms with Gasteiger partial charge in [-0.3, -0.25) is 4.79 Å². The molecule has 3 unspecified atom stereocenters. The van der Waals surface area contributed by atoms with E-state index in [1.807, 2.05) is 72.8 Å². The highest BCUT2D eigenvalue weighted by atomic mass is 32.2. The van der Waals surface area contributed by atoms with Gasteiger partial charge < -0.3 is 25.0 Å². The van der Waals surface area contributed by atoms with Gasteiger partial charge in [0, 0.05) is 36.1 Å². The van der Waals surface area contributed by atoms with E-state index in [-0.39, 0.29) is 30.3 Å². The Labute approximate surface area is 249 Å². The summed E-state index contributed by atoms with van der Waals surface area (Å²) < 4.78 is 13.0. The molecule has 7 nitrogen and oxygen atoms in total. The first-order valence-corrected chi connectivity index (χ1v) is 14.8. The van der Waals surface area contributed by atoms with Gasteiger partial charge in [-0.2, -0.15) is 0 Å². The lowest BCUT2D eigenvalue weighted by molar-refractivity contribution is -0.245. The maximum atomic E-state index is 11.7. The van der Waals surface area contributed by atoms with Crippen LogP contribution in [0.25, 0.3) is 11.1 Å². The maximum Gasteiger partial charge on any atom is 0.336 e. The third-order valence-corrected chi connectivity index (χ3v) is 8.32. The fraction of sp³-hybridized carbons (Fsp3) is 0.235. The third kappa shape index (κ3) is 7.46. The summed E-state index contributed by atoms with van der Waals surface area (Å²) in [5.74, 6) is -0.474. The van der Waals surface area contributed by atoms with Crippen LogP contribution in [0.15, 0.2) is 102 Å². The predicted molar refractivity (Wildman–Crippen MR) is 162 cm³/mol. The number of hydrogen-bond acceptors (Lipinski definition) is 6. The molecule has 0 bridgehead atoms. The molecule has 0 aliphatic carbocycles. The topological polar surface area (TPSA) is 105 Å². The van der Waals surface area contributed by atoms with Crippen molar-refractivity contribution < 1.29 is 29.3 Å². The monoisotopic (exact) mass is 583 g/mol. The molecule has 216 valence electrons. The third-order valence-electron chi connectivity index (χ3n) is 7.12. The van der Waals surface area contributed by atoms with Gasteiger partial charge in [-0.1, -0.05) is 72.8 Å². The maximum absolute atomic E-state index is 11.7. The van der Waals surface area contributed by atoms with Crippen molar-refractivity contribution in [1.82, 2.24) is 5.32 Å². The van der Waals surface area contributed by atoms with Gasteiger partial charge in [0.1, 0.15) is 0 Å². The van der Waals surface area contributed by atoms with Crippen molar-refractivity contribution in [3.63, 3.8) is 0 Å². The summed E-state index contributed by atoms with van der Waals surface area (Å²) in [5, 5.41) is 21.9. The molecule has 1 aliphatic rings. The number of benzene rings is 4. The first kappa shape index (κ1) is 29.5. The fourth-order valence-electron chi connectivity index (χ4n) is 4.93. The number of thioether (sulfide) groups is 1. The standard InChI is InChI=1S/C34H33NO6S/c1-22(37)35-19-24-6-4-7-26(16-24)27-8-5-9-28(17-27)34-40-29(21-42-32-11-3-2-10-30(32)33(38)39)18-31(41-34)25-14-12-23(20-36)13-15-25/h2-17,29,31,34,36H,18-21H2,1H3,(H,35,37)(H,38,39). The molecular formula is C34H33NO6S. The van der Waals surface area contributed by atoms with Crippen LogP contribution in [0.1, 0.15) is 58.4 Å². The van der Waals surface area contributed by atoms with E-state index in [0.29, 0.717) is 23.6 Å². The number of carboxylic acids is 1. The number of carbonyl (C=O) groups is 2. The molecule has 8 heteroatoms. The Balaban J connectivity index is 1.40. The largest absolute Gasteiger partial charge is 0.478 e. The summed E-state index contributed by atoms with van der Waals surface area (Å²) in [4.78, 5) is 23.8. The SMILES string of the molecule is CC(=O)NCc1cccc(-c2cccc(C3OC(CSc4ccccc4C(=O)O)CC(c4ccc(CO)cc4)O3)c2)c1. The Kier molecular flexibility index (Phi) is 9.71. The highest BCUT2D eigenvalue weighted by Crippen LogP contribution is 2.40. The van der Waals surface area contributed by atoms with Gasteiger partial charge in [-0.05, 0) is 52.1 Å². The van der Waals surface area contributed by atoms with Crippen LogP contribution in [0.2, 0.25) is 0 Å². The quantitative estimate of drug-likeness (QED) is 0.183. The van der Waals surface area contributed by atoms with Crippen LogP contribution in [0.3, 0.4) is 0 Å². The van der Waals surface area contributed by atoms with E-state index in [0.717, 1.165) is 33.4 Å². The van der Waals surface area contributed by atoms with E-state index in [2.05, 4.69) is 17.4 Å². The minimum Gasteiger partial charge on any atom is -0.478 e. The number of aromatic carboxylic acids is 1. The zero-order valence-corrected chi connectivity index (χ0v) is 24.1. The van der Waals surface area contributed by atoms with Crippen LogP contribution in [0.4, 0.5) is 0 Å². The number of rotatable bonds is 10. The molecule has 1 aliphatic heterocycles. The molecule has 0 saturated carbocycles. The second-order valence-electron chi connectivity index (χ2n) is 10.2. The summed E-state index contributed by atoms with van der Waals surface area (Å²) in [6.45, 7) is 1.93. The molecule has 1 fully saturated rings. The lowest BCUT2D eigenvalue weighted by atomic mass is 9.99. The van der Waals surface area contributed by atoms with Gasteiger partial charge in [0.15, 0.2) is 6.29 Å². The molecule has 1 amide bonds. The normalized spacial score (nSPS) is 18.4. The van der Waals surface area contributed by atoms with Gasteiger partial charge >= 0.3 is 5.97 Å². The molecule has 1 saturated heterocycles. The number of nitrogens with one attached hydrogen (secondary N) is 1. The Bertz CT molecular complexity index is 1540. The van der Waals surface area contributed by atoms with Crippen LogP contribution in [0, 0.1) is 0 Å². The number of ether oxygens (including phenoxy) is 2. The molecule has 4 aromatic carbocycles. The average molecular weight is 584 g/mol. The van der Waals surface area contributed by atoms with Crippen molar-refractivity contribution >= 4 is 23.6 Å². The molecule has 5 rings (SSSR count). The van der Waals surface area contributed by atoms with Gasteiger partial charge in [0.25, 0.3) is 0 Å². The van der Waals surface area contributed by atoms with Crippen LogP contribution >= 0.6 is 11.8 Å². The molecule has 42 heavy (non-hydrogen) atoms. The summed E-state index contributed by atoms with van der Waals surface area (Å²) in [5.41, 5.74) is 5.98. The van der Waals surface area contributed by atoms with Crippen molar-refractivity contribution in [3.8, 4) is 11.1 Å². The first-order chi connectivity index (χ1) is 20.4. The van der Waals surface area contributed by atoms with Crippen molar-refractivity contribution in [2.45, 2.75) is 49.9 Å². The van der Waals surface area contributed by atoms with Gasteiger partial charge in [0.2, 0.25) is 5.91 Å². The molecule has 0 radical (unpaired) electrons. The average Bonchev–Trinajstić information content (AvgIpc) is 3.03. The van der Waals surface area contributed by atoms with Gasteiger partial charge in [-0.25, -0.2) is 4.79 Å². The summed E-state index contributed by atoms with van der Waals surface area (Å²) >= 11 is 1.47. The Hall–Kier alpha value is -3.95. The number of carbonyl (C=O) groups excluding carboxylic acids is 1. The van der Waals surface area contributed by atoms with Crippen molar-refractivity contribution in [2.75, 3.05) is 5.75 Å². The van der Waals surface area contributed by atoms with E-state index in [9.17, 15) is 19.8 Å². The predicted octanol–water partition coefficient (Wildman–Crippen LogP) is 6.52. The highest BCUT2D eigenvalue weighted by molar-refractivity contribution is 7.99. The van der Waals surface area contributed by atoms with Crippen LogP contribution < -0.4 is 5.32 Å². The Morgan fingerprint density at radius 1 is 0.857 bits per heavy atom. The van der Waals surface area contributed by atoms with E-state index >= 15 is 0 Å². The van der Waals surface area contributed by atoms with Crippen molar-refractivity contribution in [1.29, 1.82) is 0 Å². The molecular weight excluding hydrogens is 550 g/mol. The summed E-state index contributed by atoms with van der Waals surface area (Å²) in [6.07, 6.45) is -0.490. The van der Waals surface area contributed by atoms with E-state index in [4.69, 9.17) is 9.47 Å². The van der Waals surface area contributed by atoms with E-state index in [1.54, 1.807) is 12.1 Å². The van der Waals surface area contributed by atoms with Crippen molar-refractivity contribution in [2.24, 2.45) is 0 Å². The second kappa shape index (κ2) is 13.8. The number of amides is 1. The summed E-state index contributed by atoms with van der Waals surface area (Å²) in [7, 11) is 0. The number of carboxylic acid groups (broad SMARTS) is 1. The molecule has 4 aromatic rings. The molecule has 1 heterocycles. The Morgan fingerprint density at radius 3 is 2.33 bits per heavy atom. The van der Waals surface area contributed by atoms with E-state index in [1.165, 1.54) is 18.7 Å². The minimum absolute atomic E-state index is 0.0292. The smallest absolute Gasteiger partial charge is 0.336 e.